The first-order chi connectivity index (χ1) is 7.02. The first-order valence-corrected chi connectivity index (χ1v) is 5.43. The van der Waals surface area contributed by atoms with E-state index in [-0.39, 0.29) is 11.6 Å². The van der Waals surface area contributed by atoms with Gasteiger partial charge in [0, 0.05) is 19.6 Å². The molecule has 0 spiro atoms. The number of methoxy groups -OCH3 is 1. The Kier molecular flexibility index (Phi) is 7.34. The maximum Gasteiger partial charge on any atom is 0.305 e. The molecule has 0 atom stereocenters. The van der Waals surface area contributed by atoms with E-state index in [0.29, 0.717) is 6.42 Å². The van der Waals surface area contributed by atoms with Crippen LogP contribution in [0.15, 0.2) is 0 Å². The Hall–Kier alpha value is -0.610. The highest BCUT2D eigenvalue weighted by atomic mass is 16.5. The molecule has 0 aromatic heterocycles. The summed E-state index contributed by atoms with van der Waals surface area (Å²) in [7, 11) is 1.41. The van der Waals surface area contributed by atoms with Gasteiger partial charge in [-0.25, -0.2) is 0 Å². The quantitative estimate of drug-likeness (QED) is 0.492. The maximum atomic E-state index is 10.8. The molecule has 4 heteroatoms. The van der Waals surface area contributed by atoms with Crippen molar-refractivity contribution in [2.45, 2.75) is 39.2 Å². The fourth-order valence-corrected chi connectivity index (χ4v) is 1.29. The van der Waals surface area contributed by atoms with Crippen LogP contribution in [0.4, 0.5) is 0 Å². The zero-order valence-electron chi connectivity index (χ0n) is 10.3. The van der Waals surface area contributed by atoms with Gasteiger partial charge in [-0.05, 0) is 33.7 Å². The van der Waals surface area contributed by atoms with Crippen LogP contribution in [0.1, 0.15) is 33.6 Å². The molecule has 0 rings (SSSR count). The molecule has 0 radical (unpaired) electrons. The van der Waals surface area contributed by atoms with E-state index in [9.17, 15) is 4.79 Å². The molecule has 0 amide bonds. The molecule has 0 aromatic rings. The number of rotatable bonds is 8. The van der Waals surface area contributed by atoms with Gasteiger partial charge in [0.2, 0.25) is 0 Å². The van der Waals surface area contributed by atoms with E-state index >= 15 is 0 Å². The standard InChI is InChI=1S/C11H23NO3/c1-5-15-11(2,3)9-12-8-6-7-10(13)14-4/h12H,5-9H2,1-4H3. The van der Waals surface area contributed by atoms with Gasteiger partial charge in [0.15, 0.2) is 0 Å². The fourth-order valence-electron chi connectivity index (χ4n) is 1.29. The molecule has 90 valence electrons. The summed E-state index contributed by atoms with van der Waals surface area (Å²) in [6, 6.07) is 0. The molecule has 0 fully saturated rings. The van der Waals surface area contributed by atoms with Gasteiger partial charge in [-0.2, -0.15) is 0 Å². The maximum absolute atomic E-state index is 10.8. The lowest BCUT2D eigenvalue weighted by Gasteiger charge is -2.24. The monoisotopic (exact) mass is 217 g/mol. The van der Waals surface area contributed by atoms with Crippen molar-refractivity contribution in [1.29, 1.82) is 0 Å². The van der Waals surface area contributed by atoms with Gasteiger partial charge in [0.1, 0.15) is 0 Å². The third-order valence-electron chi connectivity index (χ3n) is 2.05. The first-order valence-electron chi connectivity index (χ1n) is 5.43. The molecule has 15 heavy (non-hydrogen) atoms. The van der Waals surface area contributed by atoms with Gasteiger partial charge in [0.05, 0.1) is 12.7 Å². The van der Waals surface area contributed by atoms with Crippen LogP contribution in [0.5, 0.6) is 0 Å². The van der Waals surface area contributed by atoms with Crippen LogP contribution in [0.25, 0.3) is 0 Å². The van der Waals surface area contributed by atoms with Crippen molar-refractivity contribution in [2.24, 2.45) is 0 Å². The molecule has 0 aromatic carbocycles. The summed E-state index contributed by atoms with van der Waals surface area (Å²) in [4.78, 5) is 10.8. The molecule has 0 saturated heterocycles. The fraction of sp³-hybridized carbons (Fsp3) is 0.909. The number of carbonyl (C=O) groups is 1. The molecular formula is C11H23NO3. The van der Waals surface area contributed by atoms with Crippen molar-refractivity contribution in [3.05, 3.63) is 0 Å². The second kappa shape index (κ2) is 7.65. The molecule has 0 bridgehead atoms. The molecular weight excluding hydrogens is 194 g/mol. The van der Waals surface area contributed by atoms with Crippen molar-refractivity contribution >= 4 is 5.97 Å². The van der Waals surface area contributed by atoms with Crippen LogP contribution in [-0.4, -0.2) is 38.4 Å². The van der Waals surface area contributed by atoms with E-state index < -0.39 is 0 Å². The van der Waals surface area contributed by atoms with Crippen molar-refractivity contribution in [3.63, 3.8) is 0 Å². The van der Waals surface area contributed by atoms with Crippen LogP contribution in [-0.2, 0) is 14.3 Å². The predicted molar refractivity (Wildman–Crippen MR) is 59.8 cm³/mol. The minimum atomic E-state index is -0.152. The molecule has 1 N–H and O–H groups in total. The number of nitrogens with one attached hydrogen (secondary N) is 1. The average Bonchev–Trinajstić information content (AvgIpc) is 2.16. The van der Waals surface area contributed by atoms with Crippen LogP contribution in [0.3, 0.4) is 0 Å². The van der Waals surface area contributed by atoms with Crippen molar-refractivity contribution < 1.29 is 14.3 Å². The Bertz CT molecular complexity index is 181. The third-order valence-corrected chi connectivity index (χ3v) is 2.05. The first kappa shape index (κ1) is 14.4. The summed E-state index contributed by atoms with van der Waals surface area (Å²) in [5.74, 6) is -0.152. The van der Waals surface area contributed by atoms with Crippen LogP contribution in [0, 0.1) is 0 Å². The van der Waals surface area contributed by atoms with Crippen LogP contribution >= 0.6 is 0 Å². The highest BCUT2D eigenvalue weighted by Gasteiger charge is 2.16. The molecule has 0 unspecified atom stereocenters. The summed E-state index contributed by atoms with van der Waals surface area (Å²) < 4.78 is 10.1. The minimum absolute atomic E-state index is 0.139. The Balaban J connectivity index is 3.41. The van der Waals surface area contributed by atoms with Crippen molar-refractivity contribution in [2.75, 3.05) is 26.8 Å². The normalized spacial score (nSPS) is 11.5. The van der Waals surface area contributed by atoms with Crippen molar-refractivity contribution in [1.82, 2.24) is 5.32 Å². The lowest BCUT2D eigenvalue weighted by Crippen LogP contribution is -2.38. The summed E-state index contributed by atoms with van der Waals surface area (Å²) >= 11 is 0. The van der Waals surface area contributed by atoms with E-state index in [1.807, 2.05) is 20.8 Å². The van der Waals surface area contributed by atoms with E-state index in [1.54, 1.807) is 0 Å². The molecule has 0 heterocycles. The molecule has 0 aliphatic heterocycles. The molecule has 4 nitrogen and oxygen atoms in total. The number of carbonyl (C=O) groups excluding carboxylic acids is 1. The lowest BCUT2D eigenvalue weighted by molar-refractivity contribution is -0.140. The SMILES string of the molecule is CCOC(C)(C)CNCCCC(=O)OC. The molecule has 0 saturated carbocycles. The Morgan fingerprint density at radius 1 is 1.40 bits per heavy atom. The second-order valence-electron chi connectivity index (χ2n) is 4.05. The Morgan fingerprint density at radius 2 is 2.07 bits per heavy atom. The topological polar surface area (TPSA) is 47.6 Å². The van der Waals surface area contributed by atoms with Crippen LogP contribution < -0.4 is 5.32 Å². The highest BCUT2D eigenvalue weighted by Crippen LogP contribution is 2.06. The number of hydrogen-bond acceptors (Lipinski definition) is 4. The van der Waals surface area contributed by atoms with Gasteiger partial charge in [-0.3, -0.25) is 4.79 Å². The van der Waals surface area contributed by atoms with E-state index in [2.05, 4.69) is 10.1 Å². The summed E-state index contributed by atoms with van der Waals surface area (Å²) in [6.07, 6.45) is 1.27. The van der Waals surface area contributed by atoms with Crippen molar-refractivity contribution in [3.8, 4) is 0 Å². The molecule has 0 aliphatic rings. The highest BCUT2D eigenvalue weighted by molar-refractivity contribution is 5.69. The minimum Gasteiger partial charge on any atom is -0.469 e. The number of hydrogen-bond donors (Lipinski definition) is 1. The number of ether oxygens (including phenoxy) is 2. The summed E-state index contributed by atoms with van der Waals surface area (Å²) in [5, 5.41) is 3.26. The lowest BCUT2D eigenvalue weighted by atomic mass is 10.1. The van der Waals surface area contributed by atoms with Gasteiger partial charge >= 0.3 is 5.97 Å². The van der Waals surface area contributed by atoms with E-state index in [4.69, 9.17) is 4.74 Å². The van der Waals surface area contributed by atoms with Gasteiger partial charge in [0.25, 0.3) is 0 Å². The second-order valence-corrected chi connectivity index (χ2v) is 4.05. The number of esters is 1. The van der Waals surface area contributed by atoms with Gasteiger partial charge in [-0.1, -0.05) is 0 Å². The summed E-state index contributed by atoms with van der Waals surface area (Å²) in [5.41, 5.74) is -0.139. The van der Waals surface area contributed by atoms with E-state index in [0.717, 1.165) is 26.1 Å². The van der Waals surface area contributed by atoms with Gasteiger partial charge in [-0.15, -0.1) is 0 Å². The summed E-state index contributed by atoms with van der Waals surface area (Å²) in [6.45, 7) is 8.40. The van der Waals surface area contributed by atoms with E-state index in [1.165, 1.54) is 7.11 Å². The zero-order valence-corrected chi connectivity index (χ0v) is 10.3. The largest absolute Gasteiger partial charge is 0.469 e. The Morgan fingerprint density at radius 3 is 2.60 bits per heavy atom. The predicted octanol–water partition coefficient (Wildman–Crippen LogP) is 1.34. The van der Waals surface area contributed by atoms with Crippen LogP contribution in [0.2, 0.25) is 0 Å². The average molecular weight is 217 g/mol. The Labute approximate surface area is 92.3 Å². The smallest absolute Gasteiger partial charge is 0.305 e. The zero-order chi connectivity index (χ0) is 11.7. The van der Waals surface area contributed by atoms with Gasteiger partial charge < -0.3 is 14.8 Å². The third kappa shape index (κ3) is 8.39. The molecule has 0 aliphatic carbocycles.